The van der Waals surface area contributed by atoms with E-state index in [0.29, 0.717) is 52.6 Å². The Morgan fingerprint density at radius 2 is 2.17 bits per heavy atom. The van der Waals surface area contributed by atoms with Crippen molar-refractivity contribution in [2.45, 2.75) is 31.7 Å². The Balaban J connectivity index is 1.28. The first kappa shape index (κ1) is 24.9. The minimum Gasteiger partial charge on any atom is -0.488 e. The van der Waals surface area contributed by atoms with Gasteiger partial charge in [-0.1, -0.05) is 18.3 Å². The SMILES string of the molecule is C=C(/C=C1/NC(=O)CS/C1=N/N)CNC1CCC(COc2c(F)cnc3ccc(=O)n(C)c23)CC1. The van der Waals surface area contributed by atoms with Gasteiger partial charge in [-0.05, 0) is 49.3 Å². The molecule has 3 heterocycles. The zero-order valence-electron chi connectivity index (χ0n) is 19.6. The summed E-state index contributed by atoms with van der Waals surface area (Å²) in [5.41, 5.74) is 2.04. The zero-order valence-corrected chi connectivity index (χ0v) is 20.4. The van der Waals surface area contributed by atoms with Crippen molar-refractivity contribution < 1.29 is 13.9 Å². The number of carbonyl (C=O) groups is 1. The topological polar surface area (TPSA) is 124 Å². The fourth-order valence-electron chi connectivity index (χ4n) is 4.35. The number of amides is 1. The molecular formula is C24H29FN6O3S. The highest BCUT2D eigenvalue weighted by Crippen LogP contribution is 2.29. The number of rotatable bonds is 7. The van der Waals surface area contributed by atoms with E-state index in [1.54, 1.807) is 19.2 Å². The summed E-state index contributed by atoms with van der Waals surface area (Å²) in [4.78, 5) is 27.7. The third kappa shape index (κ3) is 5.91. The molecule has 186 valence electrons. The van der Waals surface area contributed by atoms with Gasteiger partial charge < -0.3 is 25.8 Å². The Kier molecular flexibility index (Phi) is 7.86. The number of hydrogen-bond donors (Lipinski definition) is 3. The van der Waals surface area contributed by atoms with Crippen molar-refractivity contribution in [3.05, 3.63) is 58.4 Å². The molecule has 0 aromatic carbocycles. The van der Waals surface area contributed by atoms with Crippen LogP contribution in [0.4, 0.5) is 4.39 Å². The molecule has 0 spiro atoms. The quantitative estimate of drug-likeness (QED) is 0.393. The maximum atomic E-state index is 14.5. The lowest BCUT2D eigenvalue weighted by atomic mass is 9.86. The smallest absolute Gasteiger partial charge is 0.250 e. The van der Waals surface area contributed by atoms with Gasteiger partial charge in [-0.15, -0.1) is 0 Å². The van der Waals surface area contributed by atoms with Crippen LogP contribution >= 0.6 is 11.8 Å². The van der Waals surface area contributed by atoms with Crippen molar-refractivity contribution in [1.82, 2.24) is 20.2 Å². The summed E-state index contributed by atoms with van der Waals surface area (Å²) in [5.74, 6) is 5.42. The van der Waals surface area contributed by atoms with Gasteiger partial charge >= 0.3 is 0 Å². The molecule has 0 unspecified atom stereocenters. The normalized spacial score (nSPS) is 23.0. The molecule has 4 rings (SSSR count). The zero-order chi connectivity index (χ0) is 24.9. The predicted molar refractivity (Wildman–Crippen MR) is 136 cm³/mol. The summed E-state index contributed by atoms with van der Waals surface area (Å²) in [5, 5.41) is 10.6. The second-order valence-electron chi connectivity index (χ2n) is 8.80. The summed E-state index contributed by atoms with van der Waals surface area (Å²) in [7, 11) is 1.59. The summed E-state index contributed by atoms with van der Waals surface area (Å²) < 4.78 is 21.8. The summed E-state index contributed by atoms with van der Waals surface area (Å²) in [6, 6.07) is 3.32. The van der Waals surface area contributed by atoms with E-state index in [0.717, 1.165) is 37.5 Å². The van der Waals surface area contributed by atoms with Crippen molar-refractivity contribution >= 4 is 33.7 Å². The molecule has 11 heteroatoms. The van der Waals surface area contributed by atoms with Crippen LogP contribution in [-0.4, -0.2) is 45.4 Å². The first-order valence-corrected chi connectivity index (χ1v) is 12.4. The molecule has 2 fully saturated rings. The van der Waals surface area contributed by atoms with E-state index in [1.165, 1.54) is 22.4 Å². The summed E-state index contributed by atoms with van der Waals surface area (Å²) in [6.07, 6.45) is 6.71. The Morgan fingerprint density at radius 1 is 1.40 bits per heavy atom. The molecule has 2 aromatic rings. The summed E-state index contributed by atoms with van der Waals surface area (Å²) in [6.45, 7) is 5.03. The van der Waals surface area contributed by atoms with Crippen LogP contribution in [-0.2, 0) is 11.8 Å². The Morgan fingerprint density at radius 3 is 2.91 bits per heavy atom. The molecule has 4 N–H and O–H groups in total. The van der Waals surface area contributed by atoms with Gasteiger partial charge in [0.25, 0.3) is 5.56 Å². The van der Waals surface area contributed by atoms with Crippen LogP contribution in [0.5, 0.6) is 5.75 Å². The van der Waals surface area contributed by atoms with Crippen LogP contribution in [0.25, 0.3) is 11.0 Å². The molecule has 2 aromatic heterocycles. The number of fused-ring (bicyclic) bond motifs is 1. The summed E-state index contributed by atoms with van der Waals surface area (Å²) >= 11 is 1.30. The van der Waals surface area contributed by atoms with E-state index in [2.05, 4.69) is 27.3 Å². The number of hydrogen-bond acceptors (Lipinski definition) is 8. The molecule has 1 aliphatic carbocycles. The minimum atomic E-state index is -0.572. The van der Waals surface area contributed by atoms with Crippen molar-refractivity contribution in [2.24, 2.45) is 23.9 Å². The van der Waals surface area contributed by atoms with Crippen molar-refractivity contribution in [1.29, 1.82) is 0 Å². The number of pyridine rings is 2. The molecule has 0 atom stereocenters. The monoisotopic (exact) mass is 500 g/mol. The first-order chi connectivity index (χ1) is 16.9. The second kappa shape index (κ2) is 11.0. The van der Waals surface area contributed by atoms with Gasteiger partial charge in [0.1, 0.15) is 10.6 Å². The van der Waals surface area contributed by atoms with E-state index in [1.807, 2.05) is 0 Å². The Bertz CT molecular complexity index is 1250. The van der Waals surface area contributed by atoms with E-state index in [-0.39, 0.29) is 17.2 Å². The van der Waals surface area contributed by atoms with Crippen LogP contribution in [0, 0.1) is 11.7 Å². The molecule has 0 radical (unpaired) electrons. The molecule has 35 heavy (non-hydrogen) atoms. The van der Waals surface area contributed by atoms with Crippen LogP contribution < -0.4 is 26.8 Å². The lowest BCUT2D eigenvalue weighted by molar-refractivity contribution is -0.117. The van der Waals surface area contributed by atoms with E-state index in [4.69, 9.17) is 10.6 Å². The van der Waals surface area contributed by atoms with Gasteiger partial charge in [0, 0.05) is 25.7 Å². The number of nitrogens with one attached hydrogen (secondary N) is 2. The van der Waals surface area contributed by atoms with E-state index < -0.39 is 5.82 Å². The number of aromatic nitrogens is 2. The number of nitrogens with zero attached hydrogens (tertiary/aromatic N) is 3. The number of nitrogens with two attached hydrogens (primary N) is 1. The maximum Gasteiger partial charge on any atom is 0.250 e. The van der Waals surface area contributed by atoms with E-state index in [9.17, 15) is 14.0 Å². The molecule has 1 saturated heterocycles. The number of ether oxygens (including phenoxy) is 1. The molecular weight excluding hydrogens is 471 g/mol. The Labute approximate surface area is 206 Å². The average molecular weight is 501 g/mol. The molecule has 0 bridgehead atoms. The fourth-order valence-corrected chi connectivity index (χ4v) is 5.03. The van der Waals surface area contributed by atoms with Crippen molar-refractivity contribution in [3.8, 4) is 5.75 Å². The lowest BCUT2D eigenvalue weighted by Gasteiger charge is -2.29. The average Bonchev–Trinajstić information content (AvgIpc) is 2.85. The predicted octanol–water partition coefficient (Wildman–Crippen LogP) is 2.18. The van der Waals surface area contributed by atoms with Gasteiger partial charge in [-0.25, -0.2) is 4.39 Å². The van der Waals surface area contributed by atoms with Crippen LogP contribution in [0.1, 0.15) is 25.7 Å². The van der Waals surface area contributed by atoms with Crippen molar-refractivity contribution in [2.75, 3.05) is 18.9 Å². The number of carbonyl (C=O) groups excluding carboxylic acids is 1. The van der Waals surface area contributed by atoms with Crippen molar-refractivity contribution in [3.63, 3.8) is 0 Å². The number of aryl methyl sites for hydroxylation is 1. The number of thioether (sulfide) groups is 1. The van der Waals surface area contributed by atoms with Crippen LogP contribution in [0.2, 0.25) is 0 Å². The lowest BCUT2D eigenvalue weighted by Crippen LogP contribution is -2.36. The molecule has 1 amide bonds. The largest absolute Gasteiger partial charge is 0.488 e. The van der Waals surface area contributed by atoms with Gasteiger partial charge in [-0.2, -0.15) is 5.10 Å². The fraction of sp³-hybridized carbons (Fsp3) is 0.417. The Hall–Kier alpha value is -3.18. The maximum absolute atomic E-state index is 14.5. The van der Waals surface area contributed by atoms with Crippen LogP contribution in [0.3, 0.4) is 0 Å². The van der Waals surface area contributed by atoms with Gasteiger partial charge in [0.2, 0.25) is 5.91 Å². The molecule has 1 saturated carbocycles. The number of halogens is 1. The van der Waals surface area contributed by atoms with Crippen LogP contribution in [0.15, 0.2) is 52.2 Å². The second-order valence-corrected chi connectivity index (χ2v) is 9.76. The third-order valence-electron chi connectivity index (χ3n) is 6.28. The standard InChI is InChI=1S/C24H29FN6O3S/c1-14(9-19-24(30-26)35-13-20(32)29-19)10-27-16-5-3-15(4-6-16)12-34-23-17(25)11-28-18-7-8-21(33)31(2)22(18)23/h7-9,11,15-16,27H,1,3-6,10,12-13,26H2,2H3,(H,29,32)/b19-9+,30-24+. The molecule has 1 aliphatic heterocycles. The molecule has 9 nitrogen and oxygen atoms in total. The highest BCUT2D eigenvalue weighted by atomic mass is 32.2. The van der Waals surface area contributed by atoms with E-state index >= 15 is 0 Å². The first-order valence-electron chi connectivity index (χ1n) is 11.5. The van der Waals surface area contributed by atoms with Gasteiger partial charge in [-0.3, -0.25) is 14.6 Å². The minimum absolute atomic E-state index is 0.0770. The highest BCUT2D eigenvalue weighted by molar-refractivity contribution is 8.15. The van der Waals surface area contributed by atoms with Gasteiger partial charge in [0.15, 0.2) is 11.6 Å². The third-order valence-corrected chi connectivity index (χ3v) is 7.28. The molecule has 2 aliphatic rings. The highest BCUT2D eigenvalue weighted by Gasteiger charge is 2.23. The number of hydrazone groups is 1. The van der Waals surface area contributed by atoms with Gasteiger partial charge in [0.05, 0.1) is 29.8 Å².